The number of hydrogen-bond acceptors (Lipinski definition) is 2. The van der Waals surface area contributed by atoms with Crippen molar-refractivity contribution in [1.29, 1.82) is 0 Å². The third-order valence-electron chi connectivity index (χ3n) is 2.70. The molecule has 0 rings (SSSR count). The molecular formula is C11H23F3N2. The predicted octanol–water partition coefficient (Wildman–Crippen LogP) is 2.68. The van der Waals surface area contributed by atoms with E-state index < -0.39 is 12.6 Å². The Hall–Kier alpha value is -0.290. The molecule has 0 saturated heterocycles. The van der Waals surface area contributed by atoms with Crippen LogP contribution in [0.5, 0.6) is 0 Å². The minimum absolute atomic E-state index is 0.0250. The number of rotatable bonds is 9. The maximum Gasteiger partial charge on any atom is 0.390 e. The van der Waals surface area contributed by atoms with Crippen LogP contribution in [0.3, 0.4) is 0 Å². The molecule has 0 aliphatic rings. The molecule has 98 valence electrons. The van der Waals surface area contributed by atoms with Crippen LogP contribution >= 0.6 is 0 Å². The van der Waals surface area contributed by atoms with Gasteiger partial charge in [-0.2, -0.15) is 13.2 Å². The lowest BCUT2D eigenvalue weighted by Crippen LogP contribution is -2.23. The van der Waals surface area contributed by atoms with Crippen LogP contribution in [0.4, 0.5) is 13.2 Å². The molecular weight excluding hydrogens is 217 g/mol. The van der Waals surface area contributed by atoms with Crippen molar-refractivity contribution in [3.63, 3.8) is 0 Å². The van der Waals surface area contributed by atoms with Crippen LogP contribution in [0, 0.1) is 5.92 Å². The van der Waals surface area contributed by atoms with Crippen LogP contribution < -0.4 is 11.1 Å². The van der Waals surface area contributed by atoms with E-state index in [0.29, 0.717) is 19.0 Å². The first kappa shape index (κ1) is 15.7. The summed E-state index contributed by atoms with van der Waals surface area (Å²) < 4.78 is 35.4. The average Bonchev–Trinajstić information content (AvgIpc) is 2.20. The Bertz CT molecular complexity index is 160. The van der Waals surface area contributed by atoms with Gasteiger partial charge in [-0.05, 0) is 38.3 Å². The van der Waals surface area contributed by atoms with Gasteiger partial charge in [-0.25, -0.2) is 0 Å². The number of nitrogens with one attached hydrogen (secondary N) is 1. The van der Waals surface area contributed by atoms with E-state index in [1.54, 1.807) is 0 Å². The molecule has 0 fully saturated rings. The summed E-state index contributed by atoms with van der Waals surface area (Å²) >= 11 is 0. The predicted molar refractivity (Wildman–Crippen MR) is 60.2 cm³/mol. The Kier molecular flexibility index (Phi) is 8.66. The van der Waals surface area contributed by atoms with Crippen molar-refractivity contribution in [3.8, 4) is 0 Å². The normalized spacial score (nSPS) is 14.1. The molecule has 2 nitrogen and oxygen atoms in total. The van der Waals surface area contributed by atoms with Crippen molar-refractivity contribution < 1.29 is 13.2 Å². The maximum atomic E-state index is 11.8. The van der Waals surface area contributed by atoms with Gasteiger partial charge in [-0.3, -0.25) is 0 Å². The smallest absolute Gasteiger partial charge is 0.330 e. The molecule has 0 saturated carbocycles. The van der Waals surface area contributed by atoms with E-state index in [0.717, 1.165) is 25.7 Å². The Morgan fingerprint density at radius 2 is 1.88 bits per heavy atom. The van der Waals surface area contributed by atoms with Gasteiger partial charge in [0.1, 0.15) is 0 Å². The van der Waals surface area contributed by atoms with Crippen molar-refractivity contribution in [2.24, 2.45) is 11.7 Å². The third kappa shape index (κ3) is 10.2. The Labute approximate surface area is 95.8 Å². The molecule has 16 heavy (non-hydrogen) atoms. The highest BCUT2D eigenvalue weighted by Gasteiger charge is 2.25. The second-order valence-electron chi connectivity index (χ2n) is 4.11. The van der Waals surface area contributed by atoms with E-state index in [-0.39, 0.29) is 6.54 Å². The molecule has 1 atom stereocenters. The van der Waals surface area contributed by atoms with E-state index in [1.165, 1.54) is 0 Å². The molecule has 0 aromatic rings. The molecule has 0 aliphatic heterocycles. The zero-order valence-corrected chi connectivity index (χ0v) is 9.95. The van der Waals surface area contributed by atoms with Crippen molar-refractivity contribution in [2.45, 2.75) is 45.2 Å². The van der Waals surface area contributed by atoms with Crippen LogP contribution in [-0.4, -0.2) is 25.8 Å². The molecule has 0 spiro atoms. The fourth-order valence-corrected chi connectivity index (χ4v) is 1.66. The number of nitrogens with two attached hydrogens (primary N) is 1. The molecule has 0 radical (unpaired) electrons. The molecule has 0 aromatic carbocycles. The molecule has 5 heteroatoms. The highest BCUT2D eigenvalue weighted by Crippen LogP contribution is 2.18. The molecule has 1 unspecified atom stereocenters. The van der Waals surface area contributed by atoms with E-state index >= 15 is 0 Å². The first-order valence-electron chi connectivity index (χ1n) is 5.97. The average molecular weight is 240 g/mol. The first-order chi connectivity index (χ1) is 7.49. The summed E-state index contributed by atoms with van der Waals surface area (Å²) in [6.07, 6.45) is -0.701. The second kappa shape index (κ2) is 8.82. The number of hydrogen-bond donors (Lipinski definition) is 2. The second-order valence-corrected chi connectivity index (χ2v) is 4.11. The van der Waals surface area contributed by atoms with Crippen molar-refractivity contribution >= 4 is 0 Å². The summed E-state index contributed by atoms with van der Waals surface area (Å²) in [5.41, 5.74) is 5.46. The summed E-state index contributed by atoms with van der Waals surface area (Å²) in [5.74, 6) is 0.620. The van der Waals surface area contributed by atoms with E-state index in [2.05, 4.69) is 12.2 Å². The quantitative estimate of drug-likeness (QED) is 0.608. The van der Waals surface area contributed by atoms with Gasteiger partial charge in [0.25, 0.3) is 0 Å². The molecule has 0 aromatic heterocycles. The lowest BCUT2D eigenvalue weighted by atomic mass is 9.97. The summed E-state index contributed by atoms with van der Waals surface area (Å²) in [7, 11) is 0. The van der Waals surface area contributed by atoms with E-state index in [9.17, 15) is 13.2 Å². The fourth-order valence-electron chi connectivity index (χ4n) is 1.66. The SMILES string of the molecule is CCC(CCN)CCCNCCC(F)(F)F. The van der Waals surface area contributed by atoms with Gasteiger partial charge in [0.05, 0.1) is 6.42 Å². The van der Waals surface area contributed by atoms with E-state index in [1.807, 2.05) is 0 Å². The Morgan fingerprint density at radius 1 is 1.19 bits per heavy atom. The Balaban J connectivity index is 3.32. The lowest BCUT2D eigenvalue weighted by Gasteiger charge is -2.13. The molecule has 3 N–H and O–H groups in total. The number of alkyl halides is 3. The fraction of sp³-hybridized carbons (Fsp3) is 1.00. The lowest BCUT2D eigenvalue weighted by molar-refractivity contribution is -0.133. The minimum Gasteiger partial charge on any atom is -0.330 e. The largest absolute Gasteiger partial charge is 0.390 e. The van der Waals surface area contributed by atoms with Gasteiger partial charge in [0, 0.05) is 6.54 Å². The van der Waals surface area contributed by atoms with Crippen LogP contribution in [0.1, 0.15) is 39.0 Å². The summed E-state index contributed by atoms with van der Waals surface area (Å²) in [5, 5.41) is 2.81. The van der Waals surface area contributed by atoms with Crippen molar-refractivity contribution in [1.82, 2.24) is 5.32 Å². The van der Waals surface area contributed by atoms with E-state index in [4.69, 9.17) is 5.73 Å². The highest BCUT2D eigenvalue weighted by atomic mass is 19.4. The molecule has 0 heterocycles. The summed E-state index contributed by atoms with van der Waals surface area (Å²) in [6, 6.07) is 0. The van der Waals surface area contributed by atoms with Gasteiger partial charge in [-0.1, -0.05) is 13.3 Å². The first-order valence-corrected chi connectivity index (χ1v) is 5.97. The van der Waals surface area contributed by atoms with Crippen LogP contribution in [0.15, 0.2) is 0 Å². The van der Waals surface area contributed by atoms with Gasteiger partial charge < -0.3 is 11.1 Å². The van der Waals surface area contributed by atoms with Crippen molar-refractivity contribution in [2.75, 3.05) is 19.6 Å². The van der Waals surface area contributed by atoms with Gasteiger partial charge in [0.15, 0.2) is 0 Å². The highest BCUT2D eigenvalue weighted by molar-refractivity contribution is 4.60. The summed E-state index contributed by atoms with van der Waals surface area (Å²) in [6.45, 7) is 3.51. The molecule has 0 bridgehead atoms. The van der Waals surface area contributed by atoms with Crippen LogP contribution in [0.25, 0.3) is 0 Å². The van der Waals surface area contributed by atoms with Crippen LogP contribution in [-0.2, 0) is 0 Å². The zero-order chi connectivity index (χ0) is 12.4. The molecule has 0 amide bonds. The zero-order valence-electron chi connectivity index (χ0n) is 9.95. The Morgan fingerprint density at radius 3 is 2.38 bits per heavy atom. The summed E-state index contributed by atoms with van der Waals surface area (Å²) in [4.78, 5) is 0. The topological polar surface area (TPSA) is 38.0 Å². The van der Waals surface area contributed by atoms with Crippen molar-refractivity contribution in [3.05, 3.63) is 0 Å². The third-order valence-corrected chi connectivity index (χ3v) is 2.70. The van der Waals surface area contributed by atoms with Gasteiger partial charge >= 0.3 is 6.18 Å². The van der Waals surface area contributed by atoms with Gasteiger partial charge in [0.2, 0.25) is 0 Å². The standard InChI is InChI=1S/C11H23F3N2/c1-2-10(5-7-15)4-3-8-16-9-6-11(12,13)14/h10,16H,2-9,15H2,1H3. The van der Waals surface area contributed by atoms with Crippen LogP contribution in [0.2, 0.25) is 0 Å². The maximum absolute atomic E-state index is 11.8. The minimum atomic E-state index is -4.04. The van der Waals surface area contributed by atoms with Gasteiger partial charge in [-0.15, -0.1) is 0 Å². The monoisotopic (exact) mass is 240 g/mol. The number of halogens is 3. The molecule has 0 aliphatic carbocycles.